The van der Waals surface area contributed by atoms with Crippen LogP contribution in [0.2, 0.25) is 0 Å². The molecule has 120 valence electrons. The van der Waals surface area contributed by atoms with E-state index < -0.39 is 25.7 Å². The van der Waals surface area contributed by atoms with Crippen LogP contribution in [0, 0.1) is 10.1 Å². The van der Waals surface area contributed by atoms with E-state index >= 15 is 0 Å². The molecule has 0 spiro atoms. The molecule has 2 rings (SSSR count). The minimum absolute atomic E-state index is 0.0110. The van der Waals surface area contributed by atoms with Gasteiger partial charge in [0.1, 0.15) is 0 Å². The van der Waals surface area contributed by atoms with E-state index in [1.54, 1.807) is 25.1 Å². The summed E-state index contributed by atoms with van der Waals surface area (Å²) in [5, 5.41) is 10.1. The summed E-state index contributed by atoms with van der Waals surface area (Å²) in [5.74, 6) is 0. The van der Waals surface area contributed by atoms with Gasteiger partial charge in [0.15, 0.2) is 0 Å². The van der Waals surface area contributed by atoms with Crippen molar-refractivity contribution in [3.8, 4) is 0 Å². The molecule has 0 bridgehead atoms. The Balaban J connectivity index is 2.85. The second kappa shape index (κ2) is 6.47. The number of halogens is 1. The van der Waals surface area contributed by atoms with Gasteiger partial charge in [-0.25, -0.2) is 8.42 Å². The zero-order valence-corrected chi connectivity index (χ0v) is 13.6. The van der Waals surface area contributed by atoms with Crippen molar-refractivity contribution in [3.63, 3.8) is 0 Å². The van der Waals surface area contributed by atoms with Crippen molar-refractivity contribution < 1.29 is 18.1 Å². The lowest BCUT2D eigenvalue weighted by molar-refractivity contribution is -0.385. The van der Waals surface area contributed by atoms with Crippen LogP contribution in [0.15, 0.2) is 52.3 Å². The third-order valence-corrected chi connectivity index (χ3v) is 5.35. The quantitative estimate of drug-likeness (QED) is 0.466. The molecule has 0 N–H and O–H groups in total. The number of nitrogens with zero attached hydrogens (tertiary/aromatic N) is 1. The van der Waals surface area contributed by atoms with E-state index in [9.17, 15) is 23.3 Å². The topological polar surface area (TPSA) is 94.3 Å². The number of hydrogen-bond acceptors (Lipinski definition) is 5. The molecule has 0 unspecified atom stereocenters. The summed E-state index contributed by atoms with van der Waals surface area (Å²) in [4.78, 5) is 21.6. The Morgan fingerprint density at radius 2 is 1.83 bits per heavy atom. The zero-order chi connectivity index (χ0) is 17.2. The number of benzene rings is 2. The number of nitro benzene ring substituents is 1. The van der Waals surface area contributed by atoms with Crippen LogP contribution < -0.4 is 0 Å². The van der Waals surface area contributed by atoms with Gasteiger partial charge in [-0.1, -0.05) is 25.1 Å². The molecule has 0 aliphatic heterocycles. The Labute approximate surface area is 137 Å². The highest BCUT2D eigenvalue weighted by atomic mass is 35.5. The fraction of sp³-hybridized carbons (Fsp3) is 0.133. The van der Waals surface area contributed by atoms with Crippen LogP contribution in [-0.4, -0.2) is 18.6 Å². The lowest BCUT2D eigenvalue weighted by Gasteiger charge is -2.12. The fourth-order valence-electron chi connectivity index (χ4n) is 2.24. The summed E-state index contributed by atoms with van der Waals surface area (Å²) < 4.78 is 25.6. The van der Waals surface area contributed by atoms with Crippen molar-refractivity contribution in [1.82, 2.24) is 0 Å². The maximum Gasteiger partial charge on any atom is 0.271 e. The van der Waals surface area contributed by atoms with Crippen molar-refractivity contribution >= 4 is 32.4 Å². The standard InChI is InChI=1S/C15H12ClNO5S/c1-2-12-13(15(16)18)8-10(17(19)20)9-14(12)23(21,22)11-6-4-3-5-7-11/h3-9H,2H2,1H3. The molecule has 0 radical (unpaired) electrons. The van der Waals surface area contributed by atoms with Crippen molar-refractivity contribution in [1.29, 1.82) is 0 Å². The molecule has 2 aromatic rings. The molecule has 0 fully saturated rings. The van der Waals surface area contributed by atoms with Gasteiger partial charge < -0.3 is 0 Å². The number of carbonyl (C=O) groups excluding carboxylic acids is 1. The molecule has 23 heavy (non-hydrogen) atoms. The molecule has 0 amide bonds. The molecule has 2 aromatic carbocycles. The SMILES string of the molecule is CCc1c(C(=O)Cl)cc([N+](=O)[O-])cc1S(=O)(=O)c1ccccc1. The zero-order valence-electron chi connectivity index (χ0n) is 12.0. The Bertz CT molecular complexity index is 878. The van der Waals surface area contributed by atoms with Crippen LogP contribution in [0.3, 0.4) is 0 Å². The van der Waals surface area contributed by atoms with E-state index in [0.717, 1.165) is 12.1 Å². The monoisotopic (exact) mass is 353 g/mol. The summed E-state index contributed by atoms with van der Waals surface area (Å²) >= 11 is 5.48. The van der Waals surface area contributed by atoms with E-state index in [1.807, 2.05) is 0 Å². The van der Waals surface area contributed by atoms with E-state index in [2.05, 4.69) is 0 Å². The molecule has 0 atom stereocenters. The van der Waals surface area contributed by atoms with E-state index in [4.69, 9.17) is 11.6 Å². The molecule has 6 nitrogen and oxygen atoms in total. The number of nitro groups is 1. The molecule has 0 aliphatic carbocycles. The van der Waals surface area contributed by atoms with Gasteiger partial charge >= 0.3 is 0 Å². The predicted molar refractivity (Wildman–Crippen MR) is 84.6 cm³/mol. The maximum atomic E-state index is 12.8. The Kier molecular flexibility index (Phi) is 4.82. The van der Waals surface area contributed by atoms with E-state index in [0.29, 0.717) is 0 Å². The van der Waals surface area contributed by atoms with Crippen LogP contribution in [0.25, 0.3) is 0 Å². The lowest BCUT2D eigenvalue weighted by atomic mass is 10.1. The first kappa shape index (κ1) is 17.1. The van der Waals surface area contributed by atoms with Crippen molar-refractivity contribution in [3.05, 3.63) is 63.7 Å². The molecule has 0 saturated carbocycles. The number of non-ortho nitro benzene ring substituents is 1. The van der Waals surface area contributed by atoms with E-state index in [-0.39, 0.29) is 27.3 Å². The highest BCUT2D eigenvalue weighted by Gasteiger charge is 2.27. The second-order valence-electron chi connectivity index (χ2n) is 4.67. The van der Waals surface area contributed by atoms with Gasteiger partial charge in [0.25, 0.3) is 10.9 Å². The summed E-state index contributed by atoms with van der Waals surface area (Å²) in [6.07, 6.45) is 0.188. The Hall–Kier alpha value is -2.25. The van der Waals surface area contributed by atoms with Gasteiger partial charge in [-0.2, -0.15) is 0 Å². The average molecular weight is 354 g/mol. The van der Waals surface area contributed by atoms with Crippen LogP contribution in [0.1, 0.15) is 22.8 Å². The molecular formula is C15H12ClNO5S. The molecule has 8 heteroatoms. The number of sulfone groups is 1. The van der Waals surface area contributed by atoms with Gasteiger partial charge in [0.05, 0.1) is 14.7 Å². The molecule has 0 aliphatic rings. The van der Waals surface area contributed by atoms with Gasteiger partial charge in [0, 0.05) is 17.7 Å². The lowest BCUT2D eigenvalue weighted by Crippen LogP contribution is -2.10. The molecule has 0 saturated heterocycles. The fourth-order valence-corrected chi connectivity index (χ4v) is 4.04. The Morgan fingerprint density at radius 3 is 2.30 bits per heavy atom. The summed E-state index contributed by atoms with van der Waals surface area (Å²) in [5.41, 5.74) is -0.502. The molecule has 0 aromatic heterocycles. The van der Waals surface area contributed by atoms with Crippen molar-refractivity contribution in [2.75, 3.05) is 0 Å². The first-order valence-electron chi connectivity index (χ1n) is 6.60. The third kappa shape index (κ3) is 3.25. The largest absolute Gasteiger partial charge is 0.276 e. The van der Waals surface area contributed by atoms with Gasteiger partial charge in [0.2, 0.25) is 9.84 Å². The Morgan fingerprint density at radius 1 is 1.22 bits per heavy atom. The summed E-state index contributed by atoms with van der Waals surface area (Å²) in [6, 6.07) is 9.47. The number of rotatable bonds is 5. The normalized spacial score (nSPS) is 11.2. The van der Waals surface area contributed by atoms with Crippen LogP contribution in [0.4, 0.5) is 5.69 Å². The van der Waals surface area contributed by atoms with Crippen molar-refractivity contribution in [2.24, 2.45) is 0 Å². The minimum Gasteiger partial charge on any atom is -0.276 e. The average Bonchev–Trinajstić information content (AvgIpc) is 2.54. The summed E-state index contributed by atoms with van der Waals surface area (Å²) in [7, 11) is -4.01. The van der Waals surface area contributed by atoms with Crippen LogP contribution in [-0.2, 0) is 16.3 Å². The van der Waals surface area contributed by atoms with Crippen LogP contribution >= 0.6 is 11.6 Å². The van der Waals surface area contributed by atoms with Crippen molar-refractivity contribution in [2.45, 2.75) is 23.1 Å². The smallest absolute Gasteiger partial charge is 0.271 e. The second-order valence-corrected chi connectivity index (χ2v) is 6.93. The predicted octanol–water partition coefficient (Wildman–Crippen LogP) is 3.37. The highest BCUT2D eigenvalue weighted by molar-refractivity contribution is 7.91. The summed E-state index contributed by atoms with van der Waals surface area (Å²) in [6.45, 7) is 1.65. The first-order chi connectivity index (χ1) is 10.8. The maximum absolute atomic E-state index is 12.8. The first-order valence-corrected chi connectivity index (χ1v) is 8.46. The van der Waals surface area contributed by atoms with Crippen LogP contribution in [0.5, 0.6) is 0 Å². The van der Waals surface area contributed by atoms with Gasteiger partial charge in [-0.3, -0.25) is 14.9 Å². The molecular weight excluding hydrogens is 342 g/mol. The minimum atomic E-state index is -4.01. The molecule has 0 heterocycles. The number of hydrogen-bond donors (Lipinski definition) is 0. The van der Waals surface area contributed by atoms with E-state index in [1.165, 1.54) is 12.1 Å². The van der Waals surface area contributed by atoms with Gasteiger partial charge in [-0.15, -0.1) is 0 Å². The highest BCUT2D eigenvalue weighted by Crippen LogP contribution is 2.31. The number of carbonyl (C=O) groups is 1. The third-order valence-electron chi connectivity index (χ3n) is 3.31. The van der Waals surface area contributed by atoms with Gasteiger partial charge in [-0.05, 0) is 35.7 Å².